The Labute approximate surface area is 117 Å². The molecule has 20 heavy (non-hydrogen) atoms. The minimum absolute atomic E-state index is 0.282. The van der Waals surface area contributed by atoms with Crippen LogP contribution in [0, 0.1) is 17.6 Å². The summed E-state index contributed by atoms with van der Waals surface area (Å²) >= 11 is 0. The van der Waals surface area contributed by atoms with Crippen molar-refractivity contribution in [2.45, 2.75) is 38.0 Å². The lowest BCUT2D eigenvalue weighted by molar-refractivity contribution is -0.131. The molecule has 0 aliphatic heterocycles. The van der Waals surface area contributed by atoms with E-state index in [0.29, 0.717) is 5.92 Å². The molecule has 108 valence electrons. The predicted molar refractivity (Wildman–Crippen MR) is 72.4 cm³/mol. The van der Waals surface area contributed by atoms with Gasteiger partial charge in [-0.05, 0) is 61.6 Å². The zero-order valence-electron chi connectivity index (χ0n) is 11.2. The number of carboxylic acids is 1. The molecule has 0 atom stereocenters. The summed E-state index contributed by atoms with van der Waals surface area (Å²) in [5.41, 5.74) is 0.864. The molecule has 0 heterocycles. The van der Waals surface area contributed by atoms with Crippen molar-refractivity contribution in [2.24, 2.45) is 5.92 Å². The van der Waals surface area contributed by atoms with Crippen LogP contribution < -0.4 is 0 Å². The highest BCUT2D eigenvalue weighted by molar-refractivity contribution is 5.79. The molecule has 1 N–H and O–H groups in total. The molecule has 1 aromatic rings. The summed E-state index contributed by atoms with van der Waals surface area (Å²) in [6, 6.07) is 4.14. The van der Waals surface area contributed by atoms with E-state index in [-0.39, 0.29) is 5.92 Å². The van der Waals surface area contributed by atoms with Crippen molar-refractivity contribution < 1.29 is 18.7 Å². The summed E-state index contributed by atoms with van der Waals surface area (Å²) in [5, 5.41) is 8.53. The number of allylic oxidation sites excluding steroid dienone is 1. The molecule has 2 rings (SSSR count). The molecule has 1 saturated carbocycles. The lowest BCUT2D eigenvalue weighted by atomic mass is 9.77. The molecule has 0 saturated heterocycles. The van der Waals surface area contributed by atoms with Gasteiger partial charge in [0.05, 0.1) is 0 Å². The normalized spacial score (nSPS) is 23.1. The van der Waals surface area contributed by atoms with Crippen molar-refractivity contribution in [2.75, 3.05) is 0 Å². The van der Waals surface area contributed by atoms with Gasteiger partial charge in [0.25, 0.3) is 0 Å². The fourth-order valence-electron chi connectivity index (χ4n) is 2.86. The maximum absolute atomic E-state index is 13.2. The van der Waals surface area contributed by atoms with E-state index >= 15 is 0 Å². The van der Waals surface area contributed by atoms with Crippen LogP contribution in [-0.4, -0.2) is 11.1 Å². The van der Waals surface area contributed by atoms with Crippen molar-refractivity contribution in [3.05, 3.63) is 47.5 Å². The van der Waals surface area contributed by atoms with Crippen LogP contribution in [0.3, 0.4) is 0 Å². The van der Waals surface area contributed by atoms with Gasteiger partial charge < -0.3 is 5.11 Å². The molecular weight excluding hydrogens is 262 g/mol. The monoisotopic (exact) mass is 280 g/mol. The second kappa shape index (κ2) is 6.64. The molecular formula is C16H18F2O2. The standard InChI is InChI=1S/C16H18F2O2/c17-14-9-8-13(10-15(14)18)12-6-4-11(5-7-12)2-1-3-16(19)20/h1,3,8-12H,2,4-7H2,(H,19,20)/b3-1+. The summed E-state index contributed by atoms with van der Waals surface area (Å²) in [7, 11) is 0. The number of carbonyl (C=O) groups is 1. The van der Waals surface area contributed by atoms with Gasteiger partial charge in [0.1, 0.15) is 0 Å². The quantitative estimate of drug-likeness (QED) is 0.836. The highest BCUT2D eigenvalue weighted by Gasteiger charge is 2.22. The van der Waals surface area contributed by atoms with Crippen LogP contribution in [-0.2, 0) is 4.79 Å². The van der Waals surface area contributed by atoms with Crippen molar-refractivity contribution >= 4 is 5.97 Å². The van der Waals surface area contributed by atoms with Crippen molar-refractivity contribution in [1.82, 2.24) is 0 Å². The van der Waals surface area contributed by atoms with Crippen LogP contribution in [0.15, 0.2) is 30.4 Å². The molecule has 1 aliphatic carbocycles. The van der Waals surface area contributed by atoms with Crippen LogP contribution in [0.1, 0.15) is 43.6 Å². The van der Waals surface area contributed by atoms with E-state index in [1.54, 1.807) is 12.1 Å². The third-order valence-electron chi connectivity index (χ3n) is 3.99. The first-order valence-corrected chi connectivity index (χ1v) is 6.90. The lowest BCUT2D eigenvalue weighted by Crippen LogP contribution is -2.13. The van der Waals surface area contributed by atoms with Gasteiger partial charge in [-0.1, -0.05) is 12.1 Å². The van der Waals surface area contributed by atoms with Gasteiger partial charge >= 0.3 is 5.97 Å². The maximum Gasteiger partial charge on any atom is 0.327 e. The molecule has 0 unspecified atom stereocenters. The summed E-state index contributed by atoms with van der Waals surface area (Å²) in [4.78, 5) is 10.4. The topological polar surface area (TPSA) is 37.3 Å². The van der Waals surface area contributed by atoms with Crippen LogP contribution >= 0.6 is 0 Å². The number of hydrogen-bond donors (Lipinski definition) is 1. The summed E-state index contributed by atoms with van der Waals surface area (Å²) in [6.45, 7) is 0. The van der Waals surface area contributed by atoms with E-state index < -0.39 is 17.6 Å². The molecule has 0 aromatic heterocycles. The van der Waals surface area contributed by atoms with E-state index in [4.69, 9.17) is 5.11 Å². The van der Waals surface area contributed by atoms with Gasteiger partial charge in [0, 0.05) is 6.08 Å². The number of carboxylic acid groups (broad SMARTS) is 1. The molecule has 1 fully saturated rings. The van der Waals surface area contributed by atoms with Crippen molar-refractivity contribution in [1.29, 1.82) is 0 Å². The Kier molecular flexibility index (Phi) is 4.88. The number of benzene rings is 1. The van der Waals surface area contributed by atoms with Crippen LogP contribution in [0.25, 0.3) is 0 Å². The molecule has 0 radical (unpaired) electrons. The number of aliphatic carboxylic acids is 1. The van der Waals surface area contributed by atoms with Crippen molar-refractivity contribution in [3.8, 4) is 0 Å². The van der Waals surface area contributed by atoms with Crippen LogP contribution in [0.5, 0.6) is 0 Å². The first kappa shape index (κ1) is 14.7. The Hall–Kier alpha value is -1.71. The highest BCUT2D eigenvalue weighted by atomic mass is 19.2. The van der Waals surface area contributed by atoms with E-state index in [2.05, 4.69) is 0 Å². The first-order chi connectivity index (χ1) is 9.56. The van der Waals surface area contributed by atoms with Crippen molar-refractivity contribution in [3.63, 3.8) is 0 Å². The van der Waals surface area contributed by atoms with Gasteiger partial charge in [-0.15, -0.1) is 0 Å². The fourth-order valence-corrected chi connectivity index (χ4v) is 2.86. The Bertz CT molecular complexity index is 503. The Balaban J connectivity index is 1.87. The van der Waals surface area contributed by atoms with Crippen LogP contribution in [0.4, 0.5) is 8.78 Å². The summed E-state index contributed by atoms with van der Waals surface area (Å²) in [5.74, 6) is -1.73. The minimum Gasteiger partial charge on any atom is -0.478 e. The lowest BCUT2D eigenvalue weighted by Gasteiger charge is -2.28. The molecule has 0 amide bonds. The Morgan fingerprint density at radius 2 is 1.90 bits per heavy atom. The molecule has 4 heteroatoms. The smallest absolute Gasteiger partial charge is 0.327 e. The number of hydrogen-bond acceptors (Lipinski definition) is 1. The summed E-state index contributed by atoms with van der Waals surface area (Å²) < 4.78 is 26.1. The SMILES string of the molecule is O=C(O)/C=C/CC1CCC(c2ccc(F)c(F)c2)CC1. The van der Waals surface area contributed by atoms with E-state index in [1.165, 1.54) is 18.2 Å². The van der Waals surface area contributed by atoms with Crippen LogP contribution in [0.2, 0.25) is 0 Å². The molecule has 0 bridgehead atoms. The Morgan fingerprint density at radius 1 is 1.20 bits per heavy atom. The maximum atomic E-state index is 13.2. The average molecular weight is 280 g/mol. The zero-order valence-corrected chi connectivity index (χ0v) is 11.2. The first-order valence-electron chi connectivity index (χ1n) is 6.90. The van der Waals surface area contributed by atoms with Gasteiger partial charge in [0.15, 0.2) is 11.6 Å². The average Bonchev–Trinajstić information content (AvgIpc) is 2.42. The fraction of sp³-hybridized carbons (Fsp3) is 0.438. The van der Waals surface area contributed by atoms with Gasteiger partial charge in [0.2, 0.25) is 0 Å². The van der Waals surface area contributed by atoms with Gasteiger partial charge in [-0.25, -0.2) is 13.6 Å². The molecule has 1 aromatic carbocycles. The number of halogens is 2. The van der Waals surface area contributed by atoms with E-state index in [9.17, 15) is 13.6 Å². The van der Waals surface area contributed by atoms with Gasteiger partial charge in [-0.2, -0.15) is 0 Å². The highest BCUT2D eigenvalue weighted by Crippen LogP contribution is 2.37. The largest absolute Gasteiger partial charge is 0.478 e. The second-order valence-electron chi connectivity index (χ2n) is 5.37. The Morgan fingerprint density at radius 3 is 2.50 bits per heavy atom. The van der Waals surface area contributed by atoms with Gasteiger partial charge in [-0.3, -0.25) is 0 Å². The number of rotatable bonds is 4. The van der Waals surface area contributed by atoms with E-state index in [0.717, 1.165) is 37.7 Å². The van der Waals surface area contributed by atoms with E-state index in [1.807, 2.05) is 0 Å². The predicted octanol–water partition coefficient (Wildman–Crippen LogP) is 4.27. The molecule has 1 aliphatic rings. The zero-order chi connectivity index (χ0) is 14.5. The summed E-state index contributed by atoms with van der Waals surface area (Å²) in [6.07, 6.45) is 7.53. The second-order valence-corrected chi connectivity index (χ2v) is 5.37. The minimum atomic E-state index is -0.916. The third kappa shape index (κ3) is 3.89. The molecule has 0 spiro atoms. The molecule has 2 nitrogen and oxygen atoms in total. The third-order valence-corrected chi connectivity index (χ3v) is 3.99.